The zero-order valence-corrected chi connectivity index (χ0v) is 11.3. The van der Waals surface area contributed by atoms with Crippen LogP contribution < -0.4 is 0 Å². The normalized spacial score (nSPS) is 22.5. The summed E-state index contributed by atoms with van der Waals surface area (Å²) in [7, 11) is 0. The van der Waals surface area contributed by atoms with Gasteiger partial charge in [-0.15, -0.1) is 0 Å². The Morgan fingerprint density at radius 3 is 2.37 bits per heavy atom. The van der Waals surface area contributed by atoms with Crippen molar-refractivity contribution in [3.63, 3.8) is 0 Å². The van der Waals surface area contributed by atoms with Gasteiger partial charge in [-0.1, -0.05) is 18.2 Å². The minimum atomic E-state index is -0.981. The van der Waals surface area contributed by atoms with Crippen LogP contribution in [-0.2, 0) is 11.2 Å². The van der Waals surface area contributed by atoms with Crippen molar-refractivity contribution >= 4 is 11.9 Å². The third-order valence-corrected chi connectivity index (χ3v) is 3.83. The fourth-order valence-electron chi connectivity index (χ4n) is 2.82. The van der Waals surface area contributed by atoms with E-state index in [1.165, 1.54) is 0 Å². The smallest absolute Gasteiger partial charge is 0.335 e. The number of amides is 1. The summed E-state index contributed by atoms with van der Waals surface area (Å²) in [5.41, 5.74) is 0.807. The number of benzene rings is 1. The zero-order chi connectivity index (χ0) is 14.0. The van der Waals surface area contributed by atoms with Crippen molar-refractivity contribution in [1.82, 2.24) is 4.90 Å². The van der Waals surface area contributed by atoms with Crippen molar-refractivity contribution in [2.45, 2.75) is 45.2 Å². The van der Waals surface area contributed by atoms with Crippen molar-refractivity contribution in [2.24, 2.45) is 0 Å². The molecule has 0 aromatic heterocycles. The van der Waals surface area contributed by atoms with Crippen LogP contribution >= 0.6 is 0 Å². The highest BCUT2D eigenvalue weighted by Crippen LogP contribution is 2.24. The summed E-state index contributed by atoms with van der Waals surface area (Å²) in [6.07, 6.45) is 2.21. The molecule has 0 spiro atoms. The molecule has 2 unspecified atom stereocenters. The molecule has 19 heavy (non-hydrogen) atoms. The van der Waals surface area contributed by atoms with Crippen molar-refractivity contribution in [2.75, 3.05) is 0 Å². The van der Waals surface area contributed by atoms with E-state index in [-0.39, 0.29) is 30.0 Å². The SMILES string of the molecule is CC1CCC(C)N1C(=O)Cc1ccccc1C(=O)O. The predicted molar refractivity (Wildman–Crippen MR) is 72.1 cm³/mol. The van der Waals surface area contributed by atoms with E-state index < -0.39 is 5.97 Å². The number of carboxylic acids is 1. The highest BCUT2D eigenvalue weighted by atomic mass is 16.4. The second-order valence-electron chi connectivity index (χ2n) is 5.22. The molecule has 1 saturated heterocycles. The van der Waals surface area contributed by atoms with Gasteiger partial charge in [0.15, 0.2) is 0 Å². The third kappa shape index (κ3) is 2.78. The van der Waals surface area contributed by atoms with E-state index >= 15 is 0 Å². The molecule has 1 N–H and O–H groups in total. The first-order valence-corrected chi connectivity index (χ1v) is 6.63. The molecule has 1 fully saturated rings. The van der Waals surface area contributed by atoms with Gasteiger partial charge in [-0.3, -0.25) is 4.79 Å². The Morgan fingerprint density at radius 2 is 1.79 bits per heavy atom. The maximum absolute atomic E-state index is 12.3. The van der Waals surface area contributed by atoms with Crippen LogP contribution in [0.15, 0.2) is 24.3 Å². The van der Waals surface area contributed by atoms with Crippen LogP contribution in [0.4, 0.5) is 0 Å². The quantitative estimate of drug-likeness (QED) is 0.908. The van der Waals surface area contributed by atoms with E-state index in [0.717, 1.165) is 12.8 Å². The average molecular weight is 261 g/mol. The second kappa shape index (κ2) is 5.43. The lowest BCUT2D eigenvalue weighted by Crippen LogP contribution is -2.39. The van der Waals surface area contributed by atoms with E-state index in [1.54, 1.807) is 24.3 Å². The number of carbonyl (C=O) groups is 2. The van der Waals surface area contributed by atoms with Crippen molar-refractivity contribution < 1.29 is 14.7 Å². The van der Waals surface area contributed by atoms with Crippen LogP contribution in [0.5, 0.6) is 0 Å². The van der Waals surface area contributed by atoms with Gasteiger partial charge in [-0.25, -0.2) is 4.79 Å². The molecule has 2 atom stereocenters. The fourth-order valence-corrected chi connectivity index (χ4v) is 2.82. The molecule has 1 aromatic carbocycles. The Hall–Kier alpha value is -1.84. The van der Waals surface area contributed by atoms with Crippen LogP contribution in [0.25, 0.3) is 0 Å². The number of nitrogens with zero attached hydrogens (tertiary/aromatic N) is 1. The number of aromatic carboxylic acids is 1. The molecule has 4 heteroatoms. The molecule has 0 radical (unpaired) electrons. The minimum Gasteiger partial charge on any atom is -0.478 e. The van der Waals surface area contributed by atoms with Crippen LogP contribution in [0.2, 0.25) is 0 Å². The van der Waals surface area contributed by atoms with E-state index in [9.17, 15) is 9.59 Å². The lowest BCUT2D eigenvalue weighted by atomic mass is 10.0. The highest BCUT2D eigenvalue weighted by Gasteiger charge is 2.31. The molecule has 1 aromatic rings. The summed E-state index contributed by atoms with van der Waals surface area (Å²) < 4.78 is 0. The van der Waals surface area contributed by atoms with Crippen LogP contribution in [-0.4, -0.2) is 34.0 Å². The largest absolute Gasteiger partial charge is 0.478 e. The molecule has 0 aliphatic carbocycles. The second-order valence-corrected chi connectivity index (χ2v) is 5.22. The fraction of sp³-hybridized carbons (Fsp3) is 0.467. The number of rotatable bonds is 3. The third-order valence-electron chi connectivity index (χ3n) is 3.83. The summed E-state index contributed by atoms with van der Waals surface area (Å²) in [4.78, 5) is 25.4. The first kappa shape index (κ1) is 13.6. The number of carbonyl (C=O) groups excluding carboxylic acids is 1. The van der Waals surface area contributed by atoms with Gasteiger partial charge in [0.2, 0.25) is 5.91 Å². The monoisotopic (exact) mass is 261 g/mol. The highest BCUT2D eigenvalue weighted by molar-refractivity contribution is 5.91. The van der Waals surface area contributed by atoms with Gasteiger partial charge in [0.1, 0.15) is 0 Å². The Balaban J connectivity index is 2.17. The molecule has 1 aliphatic rings. The Kier molecular flexibility index (Phi) is 3.88. The van der Waals surface area contributed by atoms with Crippen molar-refractivity contribution in [3.8, 4) is 0 Å². The van der Waals surface area contributed by atoms with Gasteiger partial charge < -0.3 is 10.0 Å². The number of likely N-dealkylation sites (tertiary alicyclic amines) is 1. The number of carboxylic acid groups (broad SMARTS) is 1. The molecular formula is C15H19NO3. The molecule has 1 heterocycles. The van der Waals surface area contributed by atoms with Gasteiger partial charge in [0, 0.05) is 12.1 Å². The van der Waals surface area contributed by atoms with E-state index in [1.807, 2.05) is 18.7 Å². The van der Waals surface area contributed by atoms with Gasteiger partial charge in [0.05, 0.1) is 12.0 Å². The minimum absolute atomic E-state index is 0.0196. The van der Waals surface area contributed by atoms with E-state index in [2.05, 4.69) is 0 Å². The lowest BCUT2D eigenvalue weighted by molar-refractivity contribution is -0.132. The van der Waals surface area contributed by atoms with Gasteiger partial charge in [-0.05, 0) is 38.3 Å². The Bertz CT molecular complexity index is 488. The van der Waals surface area contributed by atoms with Crippen LogP contribution in [0.1, 0.15) is 42.6 Å². The molecule has 0 bridgehead atoms. The maximum Gasteiger partial charge on any atom is 0.335 e. The Morgan fingerprint density at radius 1 is 1.21 bits per heavy atom. The summed E-state index contributed by atoms with van der Waals surface area (Å²) >= 11 is 0. The topological polar surface area (TPSA) is 57.6 Å². The first-order chi connectivity index (χ1) is 9.00. The van der Waals surface area contributed by atoms with Crippen LogP contribution in [0.3, 0.4) is 0 Å². The maximum atomic E-state index is 12.3. The summed E-state index contributed by atoms with van der Waals surface area (Å²) in [5.74, 6) is -0.961. The van der Waals surface area contributed by atoms with Gasteiger partial charge in [-0.2, -0.15) is 0 Å². The molecular weight excluding hydrogens is 242 g/mol. The van der Waals surface area contributed by atoms with Crippen LogP contribution in [0, 0.1) is 0 Å². The predicted octanol–water partition coefficient (Wildman–Crippen LogP) is 2.33. The van der Waals surface area contributed by atoms with Crippen molar-refractivity contribution in [3.05, 3.63) is 35.4 Å². The Labute approximate surface area is 113 Å². The summed E-state index contributed by atoms with van der Waals surface area (Å²) in [6, 6.07) is 7.21. The molecule has 0 saturated carbocycles. The molecule has 2 rings (SSSR count). The van der Waals surface area contributed by atoms with E-state index in [0.29, 0.717) is 5.56 Å². The zero-order valence-electron chi connectivity index (χ0n) is 11.3. The molecule has 4 nitrogen and oxygen atoms in total. The molecule has 102 valence electrons. The number of hydrogen-bond donors (Lipinski definition) is 1. The summed E-state index contributed by atoms with van der Waals surface area (Å²) in [6.45, 7) is 4.09. The first-order valence-electron chi connectivity index (χ1n) is 6.63. The summed E-state index contributed by atoms with van der Waals surface area (Å²) in [5, 5.41) is 9.12. The van der Waals surface area contributed by atoms with Crippen molar-refractivity contribution in [1.29, 1.82) is 0 Å². The molecule has 1 amide bonds. The van der Waals surface area contributed by atoms with Gasteiger partial charge in [0.25, 0.3) is 0 Å². The average Bonchev–Trinajstić information content (AvgIpc) is 2.69. The van der Waals surface area contributed by atoms with Gasteiger partial charge >= 0.3 is 5.97 Å². The number of hydrogen-bond acceptors (Lipinski definition) is 2. The van der Waals surface area contributed by atoms with E-state index in [4.69, 9.17) is 5.11 Å². The molecule has 1 aliphatic heterocycles. The lowest BCUT2D eigenvalue weighted by Gasteiger charge is -2.26. The standard InChI is InChI=1S/C15H19NO3/c1-10-7-8-11(2)16(10)14(17)9-12-5-3-4-6-13(12)15(18)19/h3-6,10-11H,7-9H2,1-2H3,(H,18,19).